The summed E-state index contributed by atoms with van der Waals surface area (Å²) in [6.07, 6.45) is 1.63. The van der Waals surface area contributed by atoms with Gasteiger partial charge in [0.05, 0.1) is 11.1 Å². The number of carbonyl (C=O) groups is 1. The second-order valence-electron chi connectivity index (χ2n) is 5.98. The number of aryl methyl sites for hydroxylation is 2. The van der Waals surface area contributed by atoms with Gasteiger partial charge in [0, 0.05) is 39.2 Å². The minimum absolute atomic E-state index is 0. The molecule has 3 N–H and O–H groups in total. The molecule has 0 aliphatic heterocycles. The highest BCUT2D eigenvalue weighted by Gasteiger charge is 2.26. The second-order valence-corrected chi connectivity index (χ2v) is 5.98. The van der Waals surface area contributed by atoms with Crippen molar-refractivity contribution in [1.29, 1.82) is 0 Å². The molecule has 0 saturated carbocycles. The maximum atomic E-state index is 11.8. The molecule has 0 aliphatic carbocycles. The standard InChI is InChI=1S/C16H29N5O2.HI/c1-7-12-11(13(8-2)23-21-12)9-19-15(18-6)20-10-16(3,4)14(22)17-5;/h7-10H2,1-6H3,(H,17,22)(H2,18,19,20);1H. The molecule has 0 bridgehead atoms. The van der Waals surface area contributed by atoms with Crippen molar-refractivity contribution in [2.24, 2.45) is 10.4 Å². The predicted octanol–water partition coefficient (Wildman–Crippen LogP) is 1.85. The van der Waals surface area contributed by atoms with Gasteiger partial charge in [0.15, 0.2) is 5.96 Å². The largest absolute Gasteiger partial charge is 0.361 e. The Labute approximate surface area is 161 Å². The van der Waals surface area contributed by atoms with Crippen LogP contribution in [0.25, 0.3) is 0 Å². The molecule has 0 saturated heterocycles. The van der Waals surface area contributed by atoms with E-state index in [2.05, 4.69) is 33.0 Å². The third kappa shape index (κ3) is 5.95. The Balaban J connectivity index is 0.00000529. The van der Waals surface area contributed by atoms with Crippen LogP contribution >= 0.6 is 24.0 Å². The van der Waals surface area contributed by atoms with Gasteiger partial charge in [-0.1, -0.05) is 19.0 Å². The summed E-state index contributed by atoms with van der Waals surface area (Å²) < 4.78 is 5.36. The Morgan fingerprint density at radius 3 is 2.42 bits per heavy atom. The van der Waals surface area contributed by atoms with E-state index in [1.165, 1.54) is 0 Å². The zero-order chi connectivity index (χ0) is 17.5. The summed E-state index contributed by atoms with van der Waals surface area (Å²) in [7, 11) is 3.35. The quantitative estimate of drug-likeness (QED) is 0.335. The van der Waals surface area contributed by atoms with Crippen molar-refractivity contribution in [2.75, 3.05) is 20.6 Å². The van der Waals surface area contributed by atoms with E-state index < -0.39 is 5.41 Å². The van der Waals surface area contributed by atoms with E-state index in [0.29, 0.717) is 19.0 Å². The van der Waals surface area contributed by atoms with Gasteiger partial charge in [-0.25, -0.2) is 0 Å². The van der Waals surface area contributed by atoms with E-state index in [1.807, 2.05) is 20.8 Å². The number of guanidine groups is 1. The fourth-order valence-corrected chi connectivity index (χ4v) is 2.25. The molecule has 0 radical (unpaired) electrons. The lowest BCUT2D eigenvalue weighted by Crippen LogP contribution is -2.47. The molecule has 138 valence electrons. The first-order valence-electron chi connectivity index (χ1n) is 8.02. The van der Waals surface area contributed by atoms with Gasteiger partial charge in [-0.3, -0.25) is 9.79 Å². The molecule has 0 unspecified atom stereocenters. The summed E-state index contributed by atoms with van der Waals surface area (Å²) in [6.45, 7) is 8.95. The van der Waals surface area contributed by atoms with Crippen LogP contribution in [0, 0.1) is 5.41 Å². The van der Waals surface area contributed by atoms with Crippen molar-refractivity contribution in [3.63, 3.8) is 0 Å². The summed E-state index contributed by atoms with van der Waals surface area (Å²) in [4.78, 5) is 16.0. The molecular weight excluding hydrogens is 421 g/mol. The Bertz CT molecular complexity index is 533. The van der Waals surface area contributed by atoms with E-state index >= 15 is 0 Å². The monoisotopic (exact) mass is 451 g/mol. The number of aromatic nitrogens is 1. The molecular formula is C16H30IN5O2. The van der Waals surface area contributed by atoms with Gasteiger partial charge >= 0.3 is 0 Å². The van der Waals surface area contributed by atoms with Crippen molar-refractivity contribution in [3.8, 4) is 0 Å². The number of carbonyl (C=O) groups excluding carboxylic acids is 1. The fourth-order valence-electron chi connectivity index (χ4n) is 2.25. The van der Waals surface area contributed by atoms with E-state index in [0.717, 1.165) is 29.9 Å². The average Bonchev–Trinajstić information content (AvgIpc) is 2.96. The number of hydrogen-bond acceptors (Lipinski definition) is 4. The fraction of sp³-hybridized carbons (Fsp3) is 0.688. The molecule has 1 aromatic rings. The Hall–Kier alpha value is -1.32. The smallest absolute Gasteiger partial charge is 0.227 e. The van der Waals surface area contributed by atoms with Crippen LogP contribution in [0.5, 0.6) is 0 Å². The van der Waals surface area contributed by atoms with E-state index in [9.17, 15) is 4.79 Å². The summed E-state index contributed by atoms with van der Waals surface area (Å²) >= 11 is 0. The second kappa shape index (κ2) is 10.5. The van der Waals surface area contributed by atoms with Crippen LogP contribution in [-0.2, 0) is 24.2 Å². The number of nitrogens with one attached hydrogen (secondary N) is 3. The van der Waals surface area contributed by atoms with E-state index in [1.54, 1.807) is 14.1 Å². The highest BCUT2D eigenvalue weighted by molar-refractivity contribution is 14.0. The molecule has 1 rings (SSSR count). The molecule has 0 spiro atoms. The van der Waals surface area contributed by atoms with Crippen LogP contribution in [0.15, 0.2) is 9.52 Å². The number of rotatable bonds is 7. The van der Waals surface area contributed by atoms with E-state index in [4.69, 9.17) is 4.52 Å². The summed E-state index contributed by atoms with van der Waals surface area (Å²) in [5.74, 6) is 1.53. The molecule has 1 heterocycles. The number of hydrogen-bond donors (Lipinski definition) is 3. The van der Waals surface area contributed by atoms with Crippen molar-refractivity contribution in [2.45, 2.75) is 47.1 Å². The molecule has 24 heavy (non-hydrogen) atoms. The van der Waals surface area contributed by atoms with Crippen LogP contribution in [0.3, 0.4) is 0 Å². The zero-order valence-corrected chi connectivity index (χ0v) is 17.8. The van der Waals surface area contributed by atoms with Gasteiger partial charge in [0.25, 0.3) is 0 Å². The lowest BCUT2D eigenvalue weighted by atomic mass is 9.92. The number of halogens is 1. The van der Waals surface area contributed by atoms with Crippen LogP contribution in [0.2, 0.25) is 0 Å². The van der Waals surface area contributed by atoms with Crippen LogP contribution < -0.4 is 16.0 Å². The first kappa shape index (κ1) is 22.7. The van der Waals surface area contributed by atoms with Crippen LogP contribution in [-0.4, -0.2) is 37.7 Å². The first-order chi connectivity index (χ1) is 10.9. The average molecular weight is 451 g/mol. The molecule has 0 fully saturated rings. The topological polar surface area (TPSA) is 91.6 Å². The third-order valence-electron chi connectivity index (χ3n) is 3.80. The molecule has 8 heteroatoms. The van der Waals surface area contributed by atoms with E-state index in [-0.39, 0.29) is 29.9 Å². The maximum Gasteiger partial charge on any atom is 0.227 e. The molecule has 0 aromatic carbocycles. The van der Waals surface area contributed by atoms with Crippen molar-refractivity contribution >= 4 is 35.8 Å². The Morgan fingerprint density at radius 2 is 1.92 bits per heavy atom. The summed E-state index contributed by atoms with van der Waals surface area (Å²) in [5, 5.41) is 13.2. The third-order valence-corrected chi connectivity index (χ3v) is 3.80. The van der Waals surface area contributed by atoms with Gasteiger partial charge in [0.1, 0.15) is 5.76 Å². The lowest BCUT2D eigenvalue weighted by Gasteiger charge is -2.24. The molecule has 1 amide bonds. The van der Waals surface area contributed by atoms with Gasteiger partial charge in [-0.05, 0) is 20.3 Å². The minimum Gasteiger partial charge on any atom is -0.361 e. The molecule has 0 atom stereocenters. The highest BCUT2D eigenvalue weighted by Crippen LogP contribution is 2.16. The number of nitrogens with zero attached hydrogens (tertiary/aromatic N) is 2. The highest BCUT2D eigenvalue weighted by atomic mass is 127. The zero-order valence-electron chi connectivity index (χ0n) is 15.4. The summed E-state index contributed by atoms with van der Waals surface area (Å²) in [6, 6.07) is 0. The summed E-state index contributed by atoms with van der Waals surface area (Å²) in [5.41, 5.74) is 1.53. The van der Waals surface area contributed by atoms with Gasteiger partial charge in [0.2, 0.25) is 5.91 Å². The molecule has 0 aliphatic rings. The van der Waals surface area contributed by atoms with Gasteiger partial charge < -0.3 is 20.5 Å². The number of aliphatic imine (C=N–C) groups is 1. The minimum atomic E-state index is -0.521. The Morgan fingerprint density at radius 1 is 1.25 bits per heavy atom. The first-order valence-corrected chi connectivity index (χ1v) is 8.02. The number of amides is 1. The normalized spacial score (nSPS) is 11.7. The van der Waals surface area contributed by atoms with Crippen LogP contribution in [0.4, 0.5) is 0 Å². The van der Waals surface area contributed by atoms with Crippen molar-refractivity contribution < 1.29 is 9.32 Å². The lowest BCUT2D eigenvalue weighted by molar-refractivity contribution is -0.128. The van der Waals surface area contributed by atoms with Gasteiger partial charge in [-0.15, -0.1) is 24.0 Å². The predicted molar refractivity (Wildman–Crippen MR) is 107 cm³/mol. The molecule has 7 nitrogen and oxygen atoms in total. The van der Waals surface area contributed by atoms with Crippen molar-refractivity contribution in [1.82, 2.24) is 21.1 Å². The SMILES string of the molecule is CCc1noc(CC)c1CNC(=NC)NCC(C)(C)C(=O)NC.I. The van der Waals surface area contributed by atoms with Crippen molar-refractivity contribution in [3.05, 3.63) is 17.0 Å². The Kier molecular flexibility index (Phi) is 9.95. The maximum absolute atomic E-state index is 11.8. The molecule has 1 aromatic heterocycles. The van der Waals surface area contributed by atoms with Gasteiger partial charge in [-0.2, -0.15) is 0 Å². The van der Waals surface area contributed by atoms with Crippen LogP contribution in [0.1, 0.15) is 44.7 Å².